The number of carbonyl (C=O) groups is 1. The third kappa shape index (κ3) is 2.56. The first-order valence-electron chi connectivity index (χ1n) is 2.98. The van der Waals surface area contributed by atoms with E-state index >= 15 is 0 Å². The van der Waals surface area contributed by atoms with Crippen molar-refractivity contribution in [2.24, 2.45) is 5.73 Å². The molecule has 6 nitrogen and oxygen atoms in total. The van der Waals surface area contributed by atoms with Crippen molar-refractivity contribution in [1.29, 1.82) is 0 Å². The number of anilines is 1. The Kier molecular flexibility index (Phi) is 2.87. The number of hydrogen-bond acceptors (Lipinski definition) is 6. The summed E-state index contributed by atoms with van der Waals surface area (Å²) >= 11 is 1.03. The van der Waals surface area contributed by atoms with Crippen molar-refractivity contribution < 1.29 is 4.79 Å². The van der Waals surface area contributed by atoms with E-state index in [1.54, 1.807) is 0 Å². The van der Waals surface area contributed by atoms with E-state index in [2.05, 4.69) is 20.1 Å². The first kappa shape index (κ1) is 8.02. The maximum atomic E-state index is 10.8. The van der Waals surface area contributed by atoms with E-state index in [-0.39, 0.29) is 5.91 Å². The van der Waals surface area contributed by atoms with Crippen LogP contribution in [0.2, 0.25) is 0 Å². The lowest BCUT2D eigenvalue weighted by Crippen LogP contribution is -2.15. The molecule has 0 unspecified atom stereocenters. The summed E-state index contributed by atoms with van der Waals surface area (Å²) in [4.78, 5) is 10.8. The zero-order valence-corrected chi connectivity index (χ0v) is 6.47. The highest BCUT2D eigenvalue weighted by Crippen LogP contribution is 2.04. The van der Waals surface area contributed by atoms with Crippen LogP contribution in [0.25, 0.3) is 0 Å². The average molecular weight is 173 g/mol. The molecule has 1 amide bonds. The van der Waals surface area contributed by atoms with Gasteiger partial charge in [0.2, 0.25) is 11.0 Å². The van der Waals surface area contributed by atoms with Crippen molar-refractivity contribution in [3.63, 3.8) is 0 Å². The number of nitrogens with two attached hydrogens (primary N) is 1. The molecule has 0 aliphatic rings. The Morgan fingerprint density at radius 1 is 1.73 bits per heavy atom. The normalized spacial score (nSPS) is 9.55. The van der Waals surface area contributed by atoms with E-state index in [1.807, 2.05) is 0 Å². The van der Waals surface area contributed by atoms with Crippen molar-refractivity contribution in [1.82, 2.24) is 14.8 Å². The van der Waals surface area contributed by atoms with Gasteiger partial charge < -0.3 is 5.73 Å². The Morgan fingerprint density at radius 3 is 3.09 bits per heavy atom. The van der Waals surface area contributed by atoms with Crippen LogP contribution >= 0.6 is 11.5 Å². The van der Waals surface area contributed by atoms with Crippen molar-refractivity contribution in [2.75, 3.05) is 11.9 Å². The van der Waals surface area contributed by atoms with Gasteiger partial charge in [0.15, 0.2) is 0 Å². The molecule has 0 saturated heterocycles. The van der Waals surface area contributed by atoms with Crippen molar-refractivity contribution >= 4 is 22.6 Å². The van der Waals surface area contributed by atoms with E-state index in [4.69, 9.17) is 5.73 Å². The van der Waals surface area contributed by atoms with E-state index in [9.17, 15) is 4.79 Å². The fourth-order valence-electron chi connectivity index (χ4n) is 0.495. The van der Waals surface area contributed by atoms with Crippen LogP contribution in [-0.4, -0.2) is 27.3 Å². The van der Waals surface area contributed by atoms with Gasteiger partial charge in [0.25, 0.3) is 0 Å². The van der Waals surface area contributed by atoms with Crippen LogP contribution in [0.1, 0.15) is 6.42 Å². The summed E-state index contributed by atoms with van der Waals surface area (Å²) in [5, 5.41) is 9.72. The van der Waals surface area contributed by atoms with Crippen LogP contribution in [0.4, 0.5) is 5.13 Å². The molecule has 0 saturated carbocycles. The first-order chi connectivity index (χ1) is 5.33. The average Bonchev–Trinajstić information content (AvgIpc) is 2.40. The van der Waals surface area contributed by atoms with Crippen molar-refractivity contribution in [2.45, 2.75) is 6.42 Å². The second kappa shape index (κ2) is 3.94. The molecule has 0 aromatic carbocycles. The first-order valence-corrected chi connectivity index (χ1v) is 3.75. The van der Waals surface area contributed by atoms with Crippen LogP contribution in [0.5, 0.6) is 0 Å². The molecule has 0 radical (unpaired) electrons. The van der Waals surface area contributed by atoms with E-state index in [0.717, 1.165) is 11.5 Å². The van der Waals surface area contributed by atoms with Crippen molar-refractivity contribution in [3.05, 3.63) is 0 Å². The SMILES string of the molecule is NCCC(=O)Nc1nnns1. The van der Waals surface area contributed by atoms with Crippen molar-refractivity contribution in [3.8, 4) is 0 Å². The topological polar surface area (TPSA) is 93.8 Å². The third-order valence-electron chi connectivity index (χ3n) is 0.917. The lowest BCUT2D eigenvalue weighted by molar-refractivity contribution is -0.116. The monoisotopic (exact) mass is 173 g/mol. The van der Waals surface area contributed by atoms with E-state index in [0.29, 0.717) is 18.1 Å². The summed E-state index contributed by atoms with van der Waals surface area (Å²) in [6.45, 7) is 0.331. The second-order valence-electron chi connectivity index (χ2n) is 1.75. The van der Waals surface area contributed by atoms with Gasteiger partial charge >= 0.3 is 0 Å². The molecule has 7 heteroatoms. The van der Waals surface area contributed by atoms with Crippen LogP contribution in [0, 0.1) is 0 Å². The van der Waals surface area contributed by atoms with Gasteiger partial charge in [-0.25, -0.2) is 0 Å². The second-order valence-corrected chi connectivity index (χ2v) is 2.49. The molecule has 1 rings (SSSR count). The van der Waals surface area contributed by atoms with Gasteiger partial charge in [-0.2, -0.15) is 0 Å². The zero-order valence-electron chi connectivity index (χ0n) is 5.65. The quantitative estimate of drug-likeness (QED) is 0.625. The summed E-state index contributed by atoms with van der Waals surface area (Å²) in [5.41, 5.74) is 5.15. The Bertz CT molecular complexity index is 222. The van der Waals surface area contributed by atoms with Gasteiger partial charge in [0.1, 0.15) is 0 Å². The summed E-state index contributed by atoms with van der Waals surface area (Å²) in [5.74, 6) is -0.161. The van der Waals surface area contributed by atoms with Crippen LogP contribution in [0.15, 0.2) is 0 Å². The molecule has 11 heavy (non-hydrogen) atoms. The number of nitrogens with one attached hydrogen (secondary N) is 1. The number of amides is 1. The smallest absolute Gasteiger partial charge is 0.231 e. The molecule has 0 spiro atoms. The minimum atomic E-state index is -0.161. The van der Waals surface area contributed by atoms with Gasteiger partial charge in [-0.3, -0.25) is 10.1 Å². The van der Waals surface area contributed by atoms with Crippen LogP contribution in [0.3, 0.4) is 0 Å². The highest BCUT2D eigenvalue weighted by Gasteiger charge is 2.02. The Hall–Kier alpha value is -1.08. The fourth-order valence-corrected chi connectivity index (χ4v) is 0.878. The molecule has 1 aromatic heterocycles. The van der Waals surface area contributed by atoms with Crippen LogP contribution in [-0.2, 0) is 4.79 Å². The lowest BCUT2D eigenvalue weighted by atomic mass is 10.4. The Labute approximate surface area is 67.0 Å². The predicted molar refractivity (Wildman–Crippen MR) is 40.0 cm³/mol. The van der Waals surface area contributed by atoms with Gasteiger partial charge in [-0.1, -0.05) is 9.59 Å². The lowest BCUT2D eigenvalue weighted by Gasteiger charge is -1.95. The number of hydrogen-bond donors (Lipinski definition) is 2. The standard InChI is InChI=1S/C4H7N5OS/c5-2-1-3(10)6-4-7-8-9-11-4/h1-2,5H2,(H,6,7,9,10). The number of aromatic nitrogens is 3. The molecule has 0 aliphatic carbocycles. The minimum Gasteiger partial charge on any atom is -0.330 e. The summed E-state index contributed by atoms with van der Waals surface area (Å²) in [6.07, 6.45) is 0.291. The molecule has 1 aromatic rings. The highest BCUT2D eigenvalue weighted by atomic mass is 32.1. The van der Waals surface area contributed by atoms with Gasteiger partial charge in [0.05, 0.1) is 0 Å². The largest absolute Gasteiger partial charge is 0.330 e. The fraction of sp³-hybridized carbons (Fsp3) is 0.500. The molecule has 0 bridgehead atoms. The Morgan fingerprint density at radius 2 is 2.55 bits per heavy atom. The molecular weight excluding hydrogens is 166 g/mol. The molecular formula is C4H7N5OS. The third-order valence-corrected chi connectivity index (χ3v) is 1.43. The number of rotatable bonds is 3. The Balaban J connectivity index is 2.37. The summed E-state index contributed by atoms with van der Waals surface area (Å²) in [6, 6.07) is 0. The summed E-state index contributed by atoms with van der Waals surface area (Å²) in [7, 11) is 0. The van der Waals surface area contributed by atoms with E-state index in [1.165, 1.54) is 0 Å². The predicted octanol–water partition coefficient (Wildman–Crippen LogP) is -0.780. The zero-order chi connectivity index (χ0) is 8.10. The summed E-state index contributed by atoms with van der Waals surface area (Å²) < 4.78 is 3.47. The molecule has 0 aliphatic heterocycles. The molecule has 0 fully saturated rings. The van der Waals surface area contributed by atoms with Gasteiger partial charge in [0, 0.05) is 24.5 Å². The number of carbonyl (C=O) groups excluding carboxylic acids is 1. The van der Waals surface area contributed by atoms with Crippen LogP contribution < -0.4 is 11.1 Å². The minimum absolute atomic E-state index is 0.161. The maximum Gasteiger partial charge on any atom is 0.231 e. The molecule has 60 valence electrons. The van der Waals surface area contributed by atoms with Gasteiger partial charge in [-0.15, -0.1) is 0 Å². The molecule has 1 heterocycles. The molecule has 3 N–H and O–H groups in total. The maximum absolute atomic E-state index is 10.8. The highest BCUT2D eigenvalue weighted by molar-refractivity contribution is 7.09. The number of nitrogens with zero attached hydrogens (tertiary/aromatic N) is 3. The van der Waals surface area contributed by atoms with E-state index < -0.39 is 0 Å². The van der Waals surface area contributed by atoms with Gasteiger partial charge in [-0.05, 0) is 5.21 Å². The molecule has 0 atom stereocenters.